The van der Waals surface area contributed by atoms with E-state index < -0.39 is 47.4 Å². The first-order valence-electron chi connectivity index (χ1n) is 11.7. The molecule has 0 radical (unpaired) electrons. The molecule has 4 rings (SSSR count). The third kappa shape index (κ3) is 5.81. The number of thioether (sulfide) groups is 2. The number of benzene rings is 2. The number of carbonyl (C=O) groups excluding carboxylic acids is 3. The molecular weight excluding hydrogens is 530 g/mol. The van der Waals surface area contributed by atoms with Gasteiger partial charge >= 0.3 is 11.9 Å². The molecule has 2 amide bonds. The summed E-state index contributed by atoms with van der Waals surface area (Å²) in [6, 6.07) is 11.9. The largest absolute Gasteiger partial charge is 0.477 e. The van der Waals surface area contributed by atoms with Crippen LogP contribution in [0.1, 0.15) is 26.3 Å². The Balaban J connectivity index is 1.57. The van der Waals surface area contributed by atoms with Gasteiger partial charge < -0.3 is 20.0 Å². The van der Waals surface area contributed by atoms with E-state index in [9.17, 15) is 24.3 Å². The second-order valence-electron chi connectivity index (χ2n) is 9.50. The number of rotatable bonds is 8. The molecule has 1 saturated heterocycles. The molecule has 0 saturated carbocycles. The zero-order valence-corrected chi connectivity index (χ0v) is 22.9. The summed E-state index contributed by atoms with van der Waals surface area (Å²) in [5, 5.41) is 17.5. The molecule has 10 nitrogen and oxygen atoms in total. The SMILES string of the molecule is CSC1=C(C(=O)O)N2C(=O)C(NC(=O)/C(=N\OCC(=O)OC(C)(C)C)c3ccc4ccccc4c3)[C@H]2SC1. The highest BCUT2D eigenvalue weighted by molar-refractivity contribution is 8.05. The molecule has 2 aromatic carbocycles. The van der Waals surface area contributed by atoms with Gasteiger partial charge in [0, 0.05) is 16.2 Å². The molecule has 0 bridgehead atoms. The van der Waals surface area contributed by atoms with Crippen LogP contribution in [0.3, 0.4) is 0 Å². The highest BCUT2D eigenvalue weighted by Crippen LogP contribution is 2.42. The molecule has 2 atom stereocenters. The lowest BCUT2D eigenvalue weighted by Crippen LogP contribution is -2.71. The van der Waals surface area contributed by atoms with Gasteiger partial charge in [-0.3, -0.25) is 14.5 Å². The summed E-state index contributed by atoms with van der Waals surface area (Å²) in [6.45, 7) is 4.65. The molecule has 0 aromatic heterocycles. The van der Waals surface area contributed by atoms with Crippen LogP contribution in [-0.4, -0.2) is 75.1 Å². The lowest BCUT2D eigenvalue weighted by Gasteiger charge is -2.49. The van der Waals surface area contributed by atoms with Crippen LogP contribution in [0.25, 0.3) is 10.8 Å². The van der Waals surface area contributed by atoms with Gasteiger partial charge in [-0.15, -0.1) is 23.5 Å². The smallest absolute Gasteiger partial charge is 0.353 e. The van der Waals surface area contributed by atoms with Gasteiger partial charge in [-0.25, -0.2) is 9.59 Å². The molecule has 2 aromatic rings. The van der Waals surface area contributed by atoms with Crippen molar-refractivity contribution in [3.8, 4) is 0 Å². The van der Waals surface area contributed by atoms with Crippen molar-refractivity contribution in [2.75, 3.05) is 18.6 Å². The predicted octanol–water partition coefficient (Wildman–Crippen LogP) is 2.96. The molecule has 38 heavy (non-hydrogen) atoms. The van der Waals surface area contributed by atoms with E-state index >= 15 is 0 Å². The number of nitrogens with zero attached hydrogens (tertiary/aromatic N) is 2. The summed E-state index contributed by atoms with van der Waals surface area (Å²) in [4.78, 5) is 57.2. The normalized spacial score (nSPS) is 19.5. The van der Waals surface area contributed by atoms with Gasteiger partial charge in [0.1, 0.15) is 22.7 Å². The van der Waals surface area contributed by atoms with Gasteiger partial charge in [-0.2, -0.15) is 0 Å². The van der Waals surface area contributed by atoms with E-state index in [1.807, 2.05) is 30.3 Å². The van der Waals surface area contributed by atoms with Crippen molar-refractivity contribution in [2.45, 2.75) is 37.8 Å². The monoisotopic (exact) mass is 557 g/mol. The van der Waals surface area contributed by atoms with Crippen molar-refractivity contribution in [1.82, 2.24) is 10.2 Å². The number of carboxylic acid groups (broad SMARTS) is 1. The highest BCUT2D eigenvalue weighted by atomic mass is 32.2. The predicted molar refractivity (Wildman–Crippen MR) is 145 cm³/mol. The summed E-state index contributed by atoms with van der Waals surface area (Å²) in [5.74, 6) is -2.65. The molecule has 12 heteroatoms. The van der Waals surface area contributed by atoms with Crippen molar-refractivity contribution in [3.05, 3.63) is 58.6 Å². The van der Waals surface area contributed by atoms with Crippen molar-refractivity contribution in [2.24, 2.45) is 5.16 Å². The number of oxime groups is 1. The zero-order valence-electron chi connectivity index (χ0n) is 21.2. The Labute approximate surface area is 227 Å². The summed E-state index contributed by atoms with van der Waals surface area (Å²) in [6.07, 6.45) is 1.76. The highest BCUT2D eigenvalue weighted by Gasteiger charge is 2.54. The quantitative estimate of drug-likeness (QED) is 0.217. The summed E-state index contributed by atoms with van der Waals surface area (Å²) in [7, 11) is 0. The van der Waals surface area contributed by atoms with E-state index in [-0.39, 0.29) is 11.4 Å². The molecule has 2 N–H and O–H groups in total. The van der Waals surface area contributed by atoms with Crippen LogP contribution in [0, 0.1) is 0 Å². The number of fused-ring (bicyclic) bond motifs is 2. The van der Waals surface area contributed by atoms with Crippen molar-refractivity contribution in [3.63, 3.8) is 0 Å². The Morgan fingerprint density at radius 3 is 2.55 bits per heavy atom. The first-order chi connectivity index (χ1) is 18.0. The fraction of sp³-hybridized carbons (Fsp3) is 0.346. The minimum atomic E-state index is -1.19. The Bertz CT molecular complexity index is 1370. The Kier molecular flexibility index (Phi) is 8.02. The van der Waals surface area contributed by atoms with Crippen LogP contribution in [0.15, 0.2) is 58.2 Å². The number of amides is 2. The fourth-order valence-electron chi connectivity index (χ4n) is 4.04. The average molecular weight is 558 g/mol. The molecular formula is C26H27N3O7S2. The summed E-state index contributed by atoms with van der Waals surface area (Å²) < 4.78 is 5.21. The van der Waals surface area contributed by atoms with Gasteiger partial charge in [-0.05, 0) is 43.9 Å². The topological polar surface area (TPSA) is 135 Å². The molecule has 1 unspecified atom stereocenters. The second kappa shape index (κ2) is 11.1. The number of carboxylic acids is 1. The van der Waals surface area contributed by atoms with Crippen LogP contribution >= 0.6 is 23.5 Å². The van der Waals surface area contributed by atoms with Gasteiger partial charge in [-0.1, -0.05) is 41.6 Å². The van der Waals surface area contributed by atoms with Crippen molar-refractivity contribution < 1.29 is 33.9 Å². The molecule has 200 valence electrons. The lowest BCUT2D eigenvalue weighted by molar-refractivity contribution is -0.160. The van der Waals surface area contributed by atoms with Crippen LogP contribution in [0.2, 0.25) is 0 Å². The van der Waals surface area contributed by atoms with Crippen LogP contribution in [0.5, 0.6) is 0 Å². The van der Waals surface area contributed by atoms with E-state index in [2.05, 4.69) is 10.5 Å². The fourth-order valence-corrected chi connectivity index (χ4v) is 6.29. The van der Waals surface area contributed by atoms with Gasteiger partial charge in [0.25, 0.3) is 11.8 Å². The Hall–Kier alpha value is -3.51. The van der Waals surface area contributed by atoms with Crippen molar-refractivity contribution in [1.29, 1.82) is 0 Å². The maximum atomic E-state index is 13.4. The molecule has 2 aliphatic rings. The Morgan fingerprint density at radius 1 is 1.18 bits per heavy atom. The van der Waals surface area contributed by atoms with Gasteiger partial charge in [0.05, 0.1) is 0 Å². The number of aliphatic carboxylic acids is 1. The zero-order chi connectivity index (χ0) is 27.6. The number of esters is 1. The number of carbonyl (C=O) groups is 4. The third-order valence-corrected chi connectivity index (χ3v) is 7.96. The molecule has 1 fully saturated rings. The van der Waals surface area contributed by atoms with Crippen molar-refractivity contribution >= 4 is 63.8 Å². The number of ether oxygens (including phenoxy) is 1. The van der Waals surface area contributed by atoms with E-state index in [0.29, 0.717) is 16.2 Å². The van der Waals surface area contributed by atoms with E-state index in [1.54, 1.807) is 39.2 Å². The second-order valence-corrected chi connectivity index (χ2v) is 11.5. The number of hydrogen-bond acceptors (Lipinski definition) is 9. The van der Waals surface area contributed by atoms with E-state index in [4.69, 9.17) is 9.57 Å². The average Bonchev–Trinajstić information content (AvgIpc) is 2.87. The minimum absolute atomic E-state index is 0.0548. The maximum Gasteiger partial charge on any atom is 0.353 e. The van der Waals surface area contributed by atoms with Crippen LogP contribution in [-0.2, 0) is 28.8 Å². The first kappa shape index (κ1) is 27.5. The lowest BCUT2D eigenvalue weighted by atomic mass is 10.0. The molecule has 0 spiro atoms. The molecule has 0 aliphatic carbocycles. The third-order valence-electron chi connectivity index (χ3n) is 5.67. The molecule has 2 aliphatic heterocycles. The minimum Gasteiger partial charge on any atom is -0.477 e. The van der Waals surface area contributed by atoms with Gasteiger partial charge in [0.2, 0.25) is 6.61 Å². The molecule has 2 heterocycles. The van der Waals surface area contributed by atoms with Crippen LogP contribution in [0.4, 0.5) is 0 Å². The van der Waals surface area contributed by atoms with Crippen LogP contribution < -0.4 is 5.32 Å². The first-order valence-corrected chi connectivity index (χ1v) is 13.9. The van der Waals surface area contributed by atoms with E-state index in [0.717, 1.165) is 10.8 Å². The maximum absolute atomic E-state index is 13.4. The summed E-state index contributed by atoms with van der Waals surface area (Å²) in [5.41, 5.74) is -0.483. The number of hydrogen-bond donors (Lipinski definition) is 2. The van der Waals surface area contributed by atoms with E-state index in [1.165, 1.54) is 28.4 Å². The van der Waals surface area contributed by atoms with Gasteiger partial charge in [0.15, 0.2) is 5.71 Å². The summed E-state index contributed by atoms with van der Waals surface area (Å²) >= 11 is 2.65. The standard InChI is InChI=1S/C26H27N3O7S2/c1-26(2,3)36-18(30)12-35-28-19(16-10-9-14-7-5-6-8-15(14)11-16)22(31)27-20-23(32)29-21(25(33)34)17(37-4)13-38-24(20)29/h5-11,20,24H,12-13H2,1-4H3,(H,27,31)(H,33,34)/b28-19-/t20?,24-/m1/s1. The Morgan fingerprint density at radius 2 is 1.89 bits per heavy atom. The number of nitrogens with one attached hydrogen (secondary N) is 1. The number of β-lactam (4-membered cyclic amide) rings is 1.